The van der Waals surface area contributed by atoms with Gasteiger partial charge in [0.05, 0.1) is 12.8 Å². The molecule has 0 aliphatic rings. The van der Waals surface area contributed by atoms with Gasteiger partial charge >= 0.3 is 0 Å². The second-order valence-electron chi connectivity index (χ2n) is 7.36. The highest BCUT2D eigenvalue weighted by Gasteiger charge is 2.22. The lowest BCUT2D eigenvalue weighted by Gasteiger charge is -2.27. The first-order valence-corrected chi connectivity index (χ1v) is 10.5. The maximum absolute atomic E-state index is 13.2. The molecular weight excluding hydrogens is 395 g/mol. The van der Waals surface area contributed by atoms with Gasteiger partial charge in [0, 0.05) is 18.7 Å². The number of amides is 2. The van der Waals surface area contributed by atoms with E-state index in [1.54, 1.807) is 17.2 Å². The van der Waals surface area contributed by atoms with Crippen molar-refractivity contribution in [2.45, 2.75) is 26.3 Å². The molecule has 2 aromatic carbocycles. The number of hydrogen-bond donors (Lipinski definition) is 0. The quantitative estimate of drug-likeness (QED) is 0.482. The average Bonchev–Trinajstić information content (AvgIpc) is 3.30. The number of furan rings is 1. The van der Waals surface area contributed by atoms with E-state index in [1.165, 1.54) is 29.2 Å². The fourth-order valence-electron chi connectivity index (χ4n) is 3.35. The van der Waals surface area contributed by atoms with Gasteiger partial charge in [-0.25, -0.2) is 4.39 Å². The van der Waals surface area contributed by atoms with Crippen molar-refractivity contribution in [2.24, 2.45) is 0 Å². The zero-order valence-corrected chi connectivity index (χ0v) is 17.7. The van der Waals surface area contributed by atoms with Crippen molar-refractivity contribution in [3.8, 4) is 0 Å². The molecule has 0 unspecified atom stereocenters. The second-order valence-corrected chi connectivity index (χ2v) is 7.36. The van der Waals surface area contributed by atoms with Crippen LogP contribution >= 0.6 is 0 Å². The van der Waals surface area contributed by atoms with Gasteiger partial charge in [-0.15, -0.1) is 0 Å². The molecule has 1 aromatic heterocycles. The van der Waals surface area contributed by atoms with Crippen LogP contribution in [0.3, 0.4) is 0 Å². The highest BCUT2D eigenvalue weighted by molar-refractivity contribution is 5.96. The van der Waals surface area contributed by atoms with Gasteiger partial charge in [0.1, 0.15) is 18.1 Å². The van der Waals surface area contributed by atoms with Crippen LogP contribution in [0.15, 0.2) is 77.4 Å². The molecule has 0 saturated heterocycles. The fourth-order valence-corrected chi connectivity index (χ4v) is 3.35. The molecule has 0 radical (unpaired) electrons. The van der Waals surface area contributed by atoms with Gasteiger partial charge in [-0.1, -0.05) is 37.3 Å². The van der Waals surface area contributed by atoms with E-state index >= 15 is 0 Å². The summed E-state index contributed by atoms with van der Waals surface area (Å²) in [5.41, 5.74) is 1.50. The molecular formula is C25H27FN2O3. The third-order valence-electron chi connectivity index (χ3n) is 4.99. The van der Waals surface area contributed by atoms with E-state index in [-0.39, 0.29) is 18.4 Å². The van der Waals surface area contributed by atoms with Crippen molar-refractivity contribution < 1.29 is 18.4 Å². The number of benzene rings is 2. The molecule has 162 valence electrons. The van der Waals surface area contributed by atoms with Crippen molar-refractivity contribution in [1.29, 1.82) is 0 Å². The van der Waals surface area contributed by atoms with Gasteiger partial charge < -0.3 is 14.2 Å². The van der Waals surface area contributed by atoms with E-state index in [0.717, 1.165) is 5.56 Å². The third-order valence-corrected chi connectivity index (χ3v) is 4.99. The minimum Gasteiger partial charge on any atom is -0.467 e. The number of halogens is 1. The standard InChI is InChI=1S/C25H27FN2O3/c1-2-15-28(25(30)21-10-12-22(26)13-11-21)19-24(29)27(18-23-9-6-17-31-23)16-14-20-7-4-3-5-8-20/h3-13,17H,2,14-16,18-19H2,1H3. The minimum atomic E-state index is -0.403. The van der Waals surface area contributed by atoms with E-state index < -0.39 is 5.82 Å². The topological polar surface area (TPSA) is 53.8 Å². The van der Waals surface area contributed by atoms with Gasteiger partial charge in [-0.3, -0.25) is 9.59 Å². The first-order chi connectivity index (χ1) is 15.1. The first kappa shape index (κ1) is 22.3. The maximum atomic E-state index is 13.2. The number of carbonyl (C=O) groups excluding carboxylic acids is 2. The van der Waals surface area contributed by atoms with E-state index in [1.807, 2.05) is 43.3 Å². The van der Waals surface area contributed by atoms with Crippen LogP contribution in [0.1, 0.15) is 35.0 Å². The van der Waals surface area contributed by atoms with Crippen molar-refractivity contribution in [2.75, 3.05) is 19.6 Å². The number of nitrogens with zero attached hydrogens (tertiary/aromatic N) is 2. The van der Waals surface area contributed by atoms with E-state index in [4.69, 9.17) is 4.42 Å². The Morgan fingerprint density at radius 3 is 2.29 bits per heavy atom. The molecule has 1 heterocycles. The van der Waals surface area contributed by atoms with Crippen LogP contribution in [0.5, 0.6) is 0 Å². The van der Waals surface area contributed by atoms with E-state index in [0.29, 0.717) is 43.8 Å². The second kappa shape index (κ2) is 11.1. The van der Waals surface area contributed by atoms with Crippen molar-refractivity contribution in [1.82, 2.24) is 9.80 Å². The highest BCUT2D eigenvalue weighted by atomic mass is 19.1. The zero-order chi connectivity index (χ0) is 22.1. The molecule has 0 saturated carbocycles. The van der Waals surface area contributed by atoms with Crippen LogP contribution in [0.2, 0.25) is 0 Å². The van der Waals surface area contributed by atoms with Gasteiger partial charge in [0.25, 0.3) is 5.91 Å². The maximum Gasteiger partial charge on any atom is 0.254 e. The summed E-state index contributed by atoms with van der Waals surface area (Å²) >= 11 is 0. The SMILES string of the molecule is CCCN(CC(=O)N(CCc1ccccc1)Cc1ccco1)C(=O)c1ccc(F)cc1. The minimum absolute atomic E-state index is 0.0421. The Balaban J connectivity index is 1.72. The largest absolute Gasteiger partial charge is 0.467 e. The molecule has 31 heavy (non-hydrogen) atoms. The lowest BCUT2D eigenvalue weighted by Crippen LogP contribution is -2.43. The molecule has 3 rings (SSSR count). The number of carbonyl (C=O) groups is 2. The Morgan fingerprint density at radius 1 is 0.903 bits per heavy atom. The van der Waals surface area contributed by atoms with Crippen molar-refractivity contribution in [3.05, 3.63) is 95.7 Å². The molecule has 0 spiro atoms. The summed E-state index contributed by atoms with van der Waals surface area (Å²) in [6.45, 7) is 3.19. The lowest BCUT2D eigenvalue weighted by atomic mass is 10.1. The van der Waals surface area contributed by atoms with Crippen LogP contribution in [0.4, 0.5) is 4.39 Å². The summed E-state index contributed by atoms with van der Waals surface area (Å²) in [7, 11) is 0. The van der Waals surface area contributed by atoms with Crippen LogP contribution in [0, 0.1) is 5.82 Å². The molecule has 0 fully saturated rings. The summed E-state index contributed by atoms with van der Waals surface area (Å²) in [6.07, 6.45) is 2.99. The first-order valence-electron chi connectivity index (χ1n) is 10.5. The van der Waals surface area contributed by atoms with Crippen LogP contribution in [-0.2, 0) is 17.8 Å². The van der Waals surface area contributed by atoms with Gasteiger partial charge in [-0.05, 0) is 54.8 Å². The van der Waals surface area contributed by atoms with Crippen molar-refractivity contribution in [3.63, 3.8) is 0 Å². The molecule has 0 aliphatic heterocycles. The summed E-state index contributed by atoms with van der Waals surface area (Å²) in [5, 5.41) is 0. The molecule has 0 N–H and O–H groups in total. The predicted molar refractivity (Wildman–Crippen MR) is 117 cm³/mol. The smallest absolute Gasteiger partial charge is 0.254 e. The van der Waals surface area contributed by atoms with Crippen LogP contribution in [-0.4, -0.2) is 41.2 Å². The lowest BCUT2D eigenvalue weighted by molar-refractivity contribution is -0.132. The van der Waals surface area contributed by atoms with Gasteiger partial charge in [0.2, 0.25) is 5.91 Å². The predicted octanol–water partition coefficient (Wildman–Crippen LogP) is 4.54. The van der Waals surface area contributed by atoms with Crippen LogP contribution in [0.25, 0.3) is 0 Å². The Bertz CT molecular complexity index is 956. The zero-order valence-electron chi connectivity index (χ0n) is 17.7. The molecule has 2 amide bonds. The average molecular weight is 423 g/mol. The van der Waals surface area contributed by atoms with E-state index in [9.17, 15) is 14.0 Å². The Labute approximate surface area is 182 Å². The van der Waals surface area contributed by atoms with Gasteiger partial charge in [0.15, 0.2) is 0 Å². The van der Waals surface area contributed by atoms with Gasteiger partial charge in [-0.2, -0.15) is 0 Å². The van der Waals surface area contributed by atoms with Crippen molar-refractivity contribution >= 4 is 11.8 Å². The normalized spacial score (nSPS) is 10.6. The molecule has 3 aromatic rings. The Kier molecular flexibility index (Phi) is 7.98. The molecule has 0 bridgehead atoms. The fraction of sp³-hybridized carbons (Fsp3) is 0.280. The molecule has 0 aliphatic carbocycles. The molecule has 5 nitrogen and oxygen atoms in total. The van der Waals surface area contributed by atoms with E-state index in [2.05, 4.69) is 0 Å². The number of rotatable bonds is 10. The highest BCUT2D eigenvalue weighted by Crippen LogP contribution is 2.12. The van der Waals surface area contributed by atoms with Crippen LogP contribution < -0.4 is 0 Å². The Morgan fingerprint density at radius 2 is 1.65 bits per heavy atom. The Hall–Kier alpha value is -3.41. The summed E-state index contributed by atoms with van der Waals surface area (Å²) < 4.78 is 18.7. The molecule has 0 atom stereocenters. The summed E-state index contributed by atoms with van der Waals surface area (Å²) in [6, 6.07) is 19.0. The molecule has 6 heteroatoms. The summed E-state index contributed by atoms with van der Waals surface area (Å²) in [5.74, 6) is -0.152. The third kappa shape index (κ3) is 6.54. The monoisotopic (exact) mass is 422 g/mol. The summed E-state index contributed by atoms with van der Waals surface area (Å²) in [4.78, 5) is 29.3. The number of hydrogen-bond acceptors (Lipinski definition) is 3.